The second-order valence-corrected chi connectivity index (χ2v) is 6.91. The highest BCUT2D eigenvalue weighted by molar-refractivity contribution is 5.94. The van der Waals surface area contributed by atoms with Crippen molar-refractivity contribution in [1.29, 1.82) is 0 Å². The fourth-order valence-corrected chi connectivity index (χ4v) is 3.39. The Bertz CT molecular complexity index is 854. The van der Waals surface area contributed by atoms with E-state index in [0.29, 0.717) is 24.1 Å². The number of halogens is 2. The number of pyridine rings is 1. The van der Waals surface area contributed by atoms with Gasteiger partial charge in [-0.1, -0.05) is 6.92 Å². The third kappa shape index (κ3) is 5.23. The molecule has 1 aromatic heterocycles. The van der Waals surface area contributed by atoms with Gasteiger partial charge in [0.15, 0.2) is 0 Å². The number of nitrogens with zero attached hydrogens (tertiary/aromatic N) is 1. The van der Waals surface area contributed by atoms with Gasteiger partial charge in [-0.2, -0.15) is 0 Å². The summed E-state index contributed by atoms with van der Waals surface area (Å²) in [5.41, 5.74) is 1.42. The predicted molar refractivity (Wildman–Crippen MR) is 98.6 cm³/mol. The van der Waals surface area contributed by atoms with Gasteiger partial charge in [0, 0.05) is 49.1 Å². The summed E-state index contributed by atoms with van der Waals surface area (Å²) >= 11 is 0. The number of benzene rings is 1. The Morgan fingerprint density at radius 2 is 1.81 bits per heavy atom. The molecule has 2 heterocycles. The molecule has 0 saturated carbocycles. The predicted octanol–water partition coefficient (Wildman–Crippen LogP) is 2.61. The Labute approximate surface area is 156 Å². The number of H-pyrrole nitrogens is 1. The van der Waals surface area contributed by atoms with Crippen LogP contribution in [0.3, 0.4) is 0 Å². The van der Waals surface area contributed by atoms with Gasteiger partial charge >= 0.3 is 0 Å². The van der Waals surface area contributed by atoms with Gasteiger partial charge in [-0.25, -0.2) is 8.78 Å². The van der Waals surface area contributed by atoms with Crippen molar-refractivity contribution in [2.45, 2.75) is 38.8 Å². The fraction of sp³-hybridized carbons (Fsp3) is 0.400. The molecule has 2 aromatic rings. The van der Waals surface area contributed by atoms with E-state index in [1.807, 2.05) is 6.92 Å². The Balaban J connectivity index is 1.54. The van der Waals surface area contributed by atoms with Gasteiger partial charge in [0.1, 0.15) is 11.6 Å². The van der Waals surface area contributed by atoms with Crippen LogP contribution >= 0.6 is 0 Å². The molecular weight excluding hydrogens is 352 g/mol. The molecule has 1 saturated heterocycles. The minimum absolute atomic E-state index is 0.0161. The highest BCUT2D eigenvalue weighted by Gasteiger charge is 2.22. The first-order valence-electron chi connectivity index (χ1n) is 9.14. The maximum absolute atomic E-state index is 13.3. The largest absolute Gasteiger partial charge is 0.349 e. The van der Waals surface area contributed by atoms with Crippen molar-refractivity contribution in [3.63, 3.8) is 0 Å². The van der Waals surface area contributed by atoms with Crippen molar-refractivity contribution >= 4 is 5.91 Å². The number of piperidine rings is 1. The first-order chi connectivity index (χ1) is 12.9. The summed E-state index contributed by atoms with van der Waals surface area (Å²) in [6.45, 7) is 3.83. The third-order valence-corrected chi connectivity index (χ3v) is 4.79. The van der Waals surface area contributed by atoms with E-state index in [0.717, 1.165) is 37.7 Å². The molecule has 0 radical (unpaired) electrons. The van der Waals surface area contributed by atoms with Crippen LogP contribution in [0.1, 0.15) is 41.4 Å². The van der Waals surface area contributed by atoms with Crippen molar-refractivity contribution in [2.24, 2.45) is 0 Å². The topological polar surface area (TPSA) is 65.2 Å². The molecule has 0 bridgehead atoms. The summed E-state index contributed by atoms with van der Waals surface area (Å²) in [6, 6.07) is 6.57. The number of likely N-dealkylation sites (tertiary alicyclic amines) is 1. The maximum atomic E-state index is 13.3. The third-order valence-electron chi connectivity index (χ3n) is 4.79. The molecule has 27 heavy (non-hydrogen) atoms. The number of hydrogen-bond donors (Lipinski definition) is 2. The van der Waals surface area contributed by atoms with Crippen LogP contribution in [0.15, 0.2) is 35.1 Å². The number of aromatic nitrogens is 1. The number of nitrogens with one attached hydrogen (secondary N) is 2. The fourth-order valence-electron chi connectivity index (χ4n) is 3.39. The van der Waals surface area contributed by atoms with Crippen molar-refractivity contribution in [2.75, 3.05) is 13.1 Å². The maximum Gasteiger partial charge on any atom is 0.251 e. The van der Waals surface area contributed by atoms with E-state index in [9.17, 15) is 18.4 Å². The molecule has 1 aliphatic heterocycles. The summed E-state index contributed by atoms with van der Waals surface area (Å²) in [4.78, 5) is 28.9. The molecule has 0 aliphatic carbocycles. The molecule has 3 rings (SSSR count). The van der Waals surface area contributed by atoms with Gasteiger partial charge in [-0.3, -0.25) is 14.5 Å². The van der Waals surface area contributed by atoms with Crippen molar-refractivity contribution < 1.29 is 13.6 Å². The number of rotatable bonds is 5. The first-order valence-corrected chi connectivity index (χ1v) is 9.14. The Kier molecular flexibility index (Phi) is 6.01. The second kappa shape index (κ2) is 8.43. The van der Waals surface area contributed by atoms with E-state index < -0.39 is 11.6 Å². The van der Waals surface area contributed by atoms with E-state index in [1.54, 1.807) is 6.07 Å². The summed E-state index contributed by atoms with van der Waals surface area (Å²) in [6.07, 6.45) is 2.14. The number of aryl methyl sites for hydroxylation is 1. The quantitative estimate of drug-likeness (QED) is 0.844. The number of carbonyl (C=O) groups is 1. The monoisotopic (exact) mass is 375 g/mol. The van der Waals surface area contributed by atoms with Gasteiger partial charge in [-0.15, -0.1) is 0 Å². The second-order valence-electron chi connectivity index (χ2n) is 6.91. The van der Waals surface area contributed by atoms with E-state index in [-0.39, 0.29) is 17.5 Å². The lowest BCUT2D eigenvalue weighted by atomic mass is 10.0. The summed E-state index contributed by atoms with van der Waals surface area (Å²) < 4.78 is 26.6. The molecule has 0 spiro atoms. The lowest BCUT2D eigenvalue weighted by Crippen LogP contribution is -2.44. The molecule has 0 atom stereocenters. The number of aromatic amines is 1. The van der Waals surface area contributed by atoms with Crippen LogP contribution in [0.4, 0.5) is 8.78 Å². The minimum atomic E-state index is -0.573. The SMILES string of the molecule is CCc1cc(C(=O)NC2CCN(Cc3cc(F)cc(F)c3)CC2)cc(=O)[nH]1. The van der Waals surface area contributed by atoms with Gasteiger partial charge in [0.25, 0.3) is 5.91 Å². The molecular formula is C20H23F2N3O2. The van der Waals surface area contributed by atoms with Crippen LogP contribution < -0.4 is 10.9 Å². The lowest BCUT2D eigenvalue weighted by molar-refractivity contribution is 0.0908. The van der Waals surface area contributed by atoms with Gasteiger partial charge in [-0.05, 0) is 43.0 Å². The minimum Gasteiger partial charge on any atom is -0.349 e. The summed E-state index contributed by atoms with van der Waals surface area (Å²) in [7, 11) is 0. The number of carbonyl (C=O) groups excluding carboxylic acids is 1. The molecule has 1 fully saturated rings. The smallest absolute Gasteiger partial charge is 0.251 e. The van der Waals surface area contributed by atoms with Gasteiger partial charge in [0.05, 0.1) is 0 Å². The number of hydrogen-bond acceptors (Lipinski definition) is 3. The van der Waals surface area contributed by atoms with Crippen molar-refractivity contribution in [3.05, 3.63) is 69.1 Å². The summed E-state index contributed by atoms with van der Waals surface area (Å²) in [5, 5.41) is 2.98. The van der Waals surface area contributed by atoms with Crippen molar-refractivity contribution in [1.82, 2.24) is 15.2 Å². The van der Waals surface area contributed by atoms with E-state index in [1.165, 1.54) is 18.2 Å². The Morgan fingerprint density at radius 3 is 2.44 bits per heavy atom. The highest BCUT2D eigenvalue weighted by atomic mass is 19.1. The van der Waals surface area contributed by atoms with Crippen LogP contribution in [0, 0.1) is 11.6 Å². The molecule has 1 aromatic carbocycles. The molecule has 144 valence electrons. The molecule has 1 amide bonds. The van der Waals surface area contributed by atoms with Crippen LogP contribution in [0.25, 0.3) is 0 Å². The first kappa shape index (κ1) is 19.2. The summed E-state index contributed by atoms with van der Waals surface area (Å²) in [5.74, 6) is -1.39. The highest BCUT2D eigenvalue weighted by Crippen LogP contribution is 2.16. The zero-order chi connectivity index (χ0) is 19.4. The average molecular weight is 375 g/mol. The van der Waals surface area contributed by atoms with Crippen LogP contribution in [0.2, 0.25) is 0 Å². The molecule has 7 heteroatoms. The molecule has 5 nitrogen and oxygen atoms in total. The molecule has 1 aliphatic rings. The average Bonchev–Trinajstić information content (AvgIpc) is 2.62. The zero-order valence-electron chi connectivity index (χ0n) is 15.2. The zero-order valence-corrected chi connectivity index (χ0v) is 15.2. The number of amides is 1. The Morgan fingerprint density at radius 1 is 1.15 bits per heavy atom. The molecule has 0 unspecified atom stereocenters. The van der Waals surface area contributed by atoms with Gasteiger partial charge in [0.2, 0.25) is 5.56 Å². The van der Waals surface area contributed by atoms with Crippen LogP contribution in [0.5, 0.6) is 0 Å². The molecule has 2 N–H and O–H groups in total. The normalized spacial score (nSPS) is 15.7. The standard InChI is InChI=1S/C20H23F2N3O2/c1-2-17-9-14(10-19(26)23-17)20(27)24-18-3-5-25(6-4-18)12-13-7-15(21)11-16(22)8-13/h7-11,18H,2-6,12H2,1H3,(H,23,26)(H,24,27). The van der Waals surface area contributed by atoms with Crippen LogP contribution in [-0.2, 0) is 13.0 Å². The van der Waals surface area contributed by atoms with Crippen molar-refractivity contribution in [3.8, 4) is 0 Å². The lowest BCUT2D eigenvalue weighted by Gasteiger charge is -2.32. The Hall–Kier alpha value is -2.54. The van der Waals surface area contributed by atoms with Crippen LogP contribution in [-0.4, -0.2) is 34.9 Å². The van der Waals surface area contributed by atoms with E-state index >= 15 is 0 Å². The van der Waals surface area contributed by atoms with E-state index in [2.05, 4.69) is 15.2 Å². The van der Waals surface area contributed by atoms with E-state index in [4.69, 9.17) is 0 Å². The van der Waals surface area contributed by atoms with Gasteiger partial charge < -0.3 is 10.3 Å².